The molecule has 0 atom stereocenters. The zero-order chi connectivity index (χ0) is 13.1. The van der Waals surface area contributed by atoms with Crippen molar-refractivity contribution in [2.45, 2.75) is 19.9 Å². The maximum Gasteiger partial charge on any atom is 0.0926 e. The van der Waals surface area contributed by atoms with Crippen LogP contribution >= 0.6 is 11.3 Å². The van der Waals surface area contributed by atoms with E-state index in [1.165, 1.54) is 16.4 Å². The Balaban J connectivity index is 1.52. The normalized spacial score (nSPS) is 17.0. The predicted molar refractivity (Wildman–Crippen MR) is 77.6 cm³/mol. The van der Waals surface area contributed by atoms with Crippen molar-refractivity contribution in [1.29, 1.82) is 0 Å². The summed E-state index contributed by atoms with van der Waals surface area (Å²) in [5, 5.41) is 10.3. The van der Waals surface area contributed by atoms with E-state index >= 15 is 0 Å². The highest BCUT2D eigenvalue weighted by atomic mass is 32.1. The summed E-state index contributed by atoms with van der Waals surface area (Å²) in [5.41, 5.74) is 2.42. The third kappa shape index (κ3) is 2.96. The van der Waals surface area contributed by atoms with E-state index in [1.807, 2.05) is 12.4 Å². The summed E-state index contributed by atoms with van der Waals surface area (Å²) in [6, 6.07) is 0. The molecule has 3 heterocycles. The molecule has 0 radical (unpaired) electrons. The molecule has 1 aliphatic heterocycles. The van der Waals surface area contributed by atoms with Crippen LogP contribution in [0.5, 0.6) is 0 Å². The average Bonchev–Trinajstić information content (AvgIpc) is 3.10. The molecule has 6 heteroatoms. The van der Waals surface area contributed by atoms with Gasteiger partial charge in [-0.3, -0.25) is 10.00 Å². The van der Waals surface area contributed by atoms with Crippen molar-refractivity contribution in [2.24, 2.45) is 0 Å². The molecule has 2 aromatic heterocycles. The molecule has 1 saturated heterocycles. The lowest BCUT2D eigenvalue weighted by Crippen LogP contribution is -2.45. The minimum Gasteiger partial charge on any atom is -0.366 e. The fourth-order valence-electron chi connectivity index (χ4n) is 2.39. The van der Waals surface area contributed by atoms with Gasteiger partial charge in [-0.2, -0.15) is 5.10 Å². The number of hydrogen-bond acceptors (Lipinski definition) is 5. The maximum absolute atomic E-state index is 4.64. The Morgan fingerprint density at radius 3 is 2.79 bits per heavy atom. The molecule has 1 N–H and O–H groups in total. The summed E-state index contributed by atoms with van der Waals surface area (Å²) in [7, 11) is 0. The number of H-pyrrole nitrogens is 1. The number of nitrogens with zero attached hydrogens (tertiary/aromatic N) is 4. The van der Waals surface area contributed by atoms with Crippen molar-refractivity contribution in [2.75, 3.05) is 31.1 Å². The van der Waals surface area contributed by atoms with Gasteiger partial charge in [0.1, 0.15) is 0 Å². The number of hydrogen-bond donors (Lipinski definition) is 1. The number of rotatable bonds is 4. The Morgan fingerprint density at radius 2 is 2.16 bits per heavy atom. The van der Waals surface area contributed by atoms with Gasteiger partial charge in [0.05, 0.1) is 22.6 Å². The minimum absolute atomic E-state index is 0.982. The van der Waals surface area contributed by atoms with Crippen LogP contribution < -0.4 is 4.90 Å². The number of aromatic amines is 1. The van der Waals surface area contributed by atoms with E-state index in [1.54, 1.807) is 11.3 Å². The first-order valence-electron chi connectivity index (χ1n) is 6.74. The second-order valence-corrected chi connectivity index (χ2v) is 5.75. The Labute approximate surface area is 117 Å². The van der Waals surface area contributed by atoms with E-state index in [2.05, 4.69) is 37.3 Å². The number of aryl methyl sites for hydroxylation is 1. The molecule has 0 bridgehead atoms. The molecular formula is C13H19N5S. The van der Waals surface area contributed by atoms with E-state index in [-0.39, 0.29) is 0 Å². The first-order chi connectivity index (χ1) is 9.35. The van der Waals surface area contributed by atoms with Crippen molar-refractivity contribution in [3.63, 3.8) is 0 Å². The Kier molecular flexibility index (Phi) is 3.79. The molecule has 0 saturated carbocycles. The Hall–Kier alpha value is -1.40. The molecule has 5 nitrogen and oxygen atoms in total. The average molecular weight is 277 g/mol. The van der Waals surface area contributed by atoms with E-state index in [9.17, 15) is 0 Å². The fourth-order valence-corrected chi connectivity index (χ4v) is 3.13. The molecular weight excluding hydrogens is 258 g/mol. The highest BCUT2D eigenvalue weighted by molar-refractivity contribution is 7.09. The number of aromatic nitrogens is 3. The molecule has 0 amide bonds. The summed E-state index contributed by atoms with van der Waals surface area (Å²) in [5.74, 6) is 0. The second-order valence-electron chi connectivity index (χ2n) is 4.81. The highest BCUT2D eigenvalue weighted by Gasteiger charge is 2.18. The first kappa shape index (κ1) is 12.6. The zero-order valence-electron chi connectivity index (χ0n) is 11.2. The maximum atomic E-state index is 4.64. The van der Waals surface area contributed by atoms with Crippen LogP contribution in [-0.4, -0.2) is 46.3 Å². The van der Waals surface area contributed by atoms with Gasteiger partial charge in [0.25, 0.3) is 0 Å². The first-order valence-corrected chi connectivity index (χ1v) is 7.62. The van der Waals surface area contributed by atoms with E-state index < -0.39 is 0 Å². The van der Waals surface area contributed by atoms with Gasteiger partial charge < -0.3 is 4.90 Å². The van der Waals surface area contributed by atoms with Gasteiger partial charge in [0.15, 0.2) is 0 Å². The van der Waals surface area contributed by atoms with Crippen molar-refractivity contribution >= 4 is 17.0 Å². The van der Waals surface area contributed by atoms with Gasteiger partial charge in [-0.15, -0.1) is 11.3 Å². The van der Waals surface area contributed by atoms with Crippen LogP contribution in [0.2, 0.25) is 0 Å². The molecule has 0 spiro atoms. The van der Waals surface area contributed by atoms with Crippen molar-refractivity contribution < 1.29 is 0 Å². The van der Waals surface area contributed by atoms with Crippen molar-refractivity contribution in [3.8, 4) is 0 Å². The highest BCUT2D eigenvalue weighted by Crippen LogP contribution is 2.16. The Morgan fingerprint density at radius 1 is 1.32 bits per heavy atom. The van der Waals surface area contributed by atoms with Gasteiger partial charge in [0.2, 0.25) is 0 Å². The number of piperazine rings is 1. The van der Waals surface area contributed by atoms with Crippen LogP contribution in [0, 0.1) is 0 Å². The van der Waals surface area contributed by atoms with E-state index in [0.29, 0.717) is 0 Å². The summed E-state index contributed by atoms with van der Waals surface area (Å²) in [6.07, 6.45) is 4.90. The second kappa shape index (κ2) is 5.71. The predicted octanol–water partition coefficient (Wildman–Crippen LogP) is 1.75. The zero-order valence-corrected chi connectivity index (χ0v) is 12.0. The number of nitrogens with one attached hydrogen (secondary N) is 1. The largest absolute Gasteiger partial charge is 0.366 e. The lowest BCUT2D eigenvalue weighted by Gasteiger charge is -2.34. The van der Waals surface area contributed by atoms with Gasteiger partial charge in [-0.1, -0.05) is 6.92 Å². The van der Waals surface area contributed by atoms with Crippen LogP contribution in [0.3, 0.4) is 0 Å². The van der Waals surface area contributed by atoms with E-state index in [0.717, 1.165) is 39.1 Å². The lowest BCUT2D eigenvalue weighted by atomic mass is 10.3. The molecule has 19 heavy (non-hydrogen) atoms. The molecule has 1 aliphatic rings. The molecule has 2 aromatic rings. The van der Waals surface area contributed by atoms with Crippen LogP contribution in [-0.2, 0) is 13.0 Å². The molecule has 1 fully saturated rings. The van der Waals surface area contributed by atoms with Crippen molar-refractivity contribution in [3.05, 3.63) is 28.5 Å². The molecule has 0 aromatic carbocycles. The van der Waals surface area contributed by atoms with Crippen LogP contribution in [0.4, 0.5) is 5.69 Å². The smallest absolute Gasteiger partial charge is 0.0926 e. The summed E-state index contributed by atoms with van der Waals surface area (Å²) >= 11 is 1.78. The van der Waals surface area contributed by atoms with Gasteiger partial charge in [-0.25, -0.2) is 4.98 Å². The Bertz CT molecular complexity index is 499. The van der Waals surface area contributed by atoms with Crippen LogP contribution in [0.15, 0.2) is 17.8 Å². The van der Waals surface area contributed by atoms with Gasteiger partial charge >= 0.3 is 0 Å². The monoisotopic (exact) mass is 277 g/mol. The number of thiazole rings is 1. The summed E-state index contributed by atoms with van der Waals surface area (Å²) < 4.78 is 0. The summed E-state index contributed by atoms with van der Waals surface area (Å²) in [4.78, 5) is 9.49. The standard InChI is InChI=1S/C13H19N5S/c1-2-13-16-11(10-19-13)9-17-3-5-18(6-4-17)12-7-14-15-8-12/h7-8,10H,2-6,9H2,1H3,(H,14,15). The SMILES string of the molecule is CCc1nc(CN2CCN(c3cn[nH]c3)CC2)cs1. The molecule has 0 aliphatic carbocycles. The lowest BCUT2D eigenvalue weighted by molar-refractivity contribution is 0.247. The van der Waals surface area contributed by atoms with Crippen molar-refractivity contribution in [1.82, 2.24) is 20.1 Å². The topological polar surface area (TPSA) is 48.1 Å². The van der Waals surface area contributed by atoms with Crippen LogP contribution in [0.25, 0.3) is 0 Å². The van der Waals surface area contributed by atoms with Gasteiger partial charge in [0, 0.05) is 44.3 Å². The fraction of sp³-hybridized carbons (Fsp3) is 0.538. The van der Waals surface area contributed by atoms with E-state index in [4.69, 9.17) is 0 Å². The van der Waals surface area contributed by atoms with Crippen LogP contribution in [0.1, 0.15) is 17.6 Å². The quantitative estimate of drug-likeness (QED) is 0.925. The third-order valence-corrected chi connectivity index (χ3v) is 4.55. The minimum atomic E-state index is 0.982. The molecule has 0 unspecified atom stereocenters. The third-order valence-electron chi connectivity index (χ3n) is 3.51. The molecule has 3 rings (SSSR count). The summed E-state index contributed by atoms with van der Waals surface area (Å²) in [6.45, 7) is 7.44. The number of anilines is 1. The van der Waals surface area contributed by atoms with Gasteiger partial charge in [-0.05, 0) is 6.42 Å². The molecule has 102 valence electrons.